The van der Waals surface area contributed by atoms with Crippen molar-refractivity contribution in [3.63, 3.8) is 0 Å². The molecule has 0 radical (unpaired) electrons. The molecule has 7 nitrogen and oxygen atoms in total. The quantitative estimate of drug-likeness (QED) is 0.806. The molecule has 8 heteroatoms. The van der Waals surface area contributed by atoms with Crippen molar-refractivity contribution in [3.05, 3.63) is 24.3 Å². The van der Waals surface area contributed by atoms with Crippen molar-refractivity contribution in [3.8, 4) is 5.88 Å². The lowest BCUT2D eigenvalue weighted by Gasteiger charge is -2.15. The Bertz CT molecular complexity index is 655. The number of ether oxygens (including phenoxy) is 1. The van der Waals surface area contributed by atoms with Gasteiger partial charge in [-0.2, -0.15) is 10.1 Å². The van der Waals surface area contributed by atoms with Crippen molar-refractivity contribution in [2.75, 3.05) is 7.11 Å². The van der Waals surface area contributed by atoms with Crippen LogP contribution in [0.25, 0.3) is 11.0 Å². The maximum Gasteiger partial charge on any atom is 0.244 e. The highest BCUT2D eigenvalue weighted by molar-refractivity contribution is 6.28. The average Bonchev–Trinajstić information content (AvgIpc) is 2.80. The second-order valence-corrected chi connectivity index (χ2v) is 4.43. The molecule has 1 atom stereocenters. The summed E-state index contributed by atoms with van der Waals surface area (Å²) in [4.78, 5) is 19.6. The molecule has 0 aliphatic heterocycles. The topological polar surface area (TPSA) is 81.9 Å². The summed E-state index contributed by atoms with van der Waals surface area (Å²) in [7, 11) is 1.49. The molecule has 0 aliphatic rings. The van der Waals surface area contributed by atoms with E-state index < -0.39 is 6.04 Å². The number of halogens is 1. The van der Waals surface area contributed by atoms with E-state index in [-0.39, 0.29) is 11.1 Å². The van der Waals surface area contributed by atoms with E-state index >= 15 is 0 Å². The third-order valence-electron chi connectivity index (χ3n) is 2.79. The molecule has 20 heavy (non-hydrogen) atoms. The van der Waals surface area contributed by atoms with Gasteiger partial charge in [-0.05, 0) is 24.7 Å². The first-order chi connectivity index (χ1) is 9.56. The number of fused-ring (bicyclic) bond motifs is 1. The number of Topliss-reactive ketones (excluding diaryl/α,β-unsaturated/α-hetero) is 1. The van der Waals surface area contributed by atoms with Gasteiger partial charge in [-0.1, -0.05) is 6.58 Å². The summed E-state index contributed by atoms with van der Waals surface area (Å²) in [6.07, 6.45) is 3.03. The van der Waals surface area contributed by atoms with Crippen LogP contribution in [0.3, 0.4) is 0 Å². The Balaban J connectivity index is 2.44. The van der Waals surface area contributed by atoms with Gasteiger partial charge in [0.15, 0.2) is 5.78 Å². The second kappa shape index (κ2) is 5.87. The molecule has 0 aromatic carbocycles. The number of nitrogens with one attached hydrogen (secondary N) is 1. The number of hydrogen-bond acceptors (Lipinski definition) is 6. The van der Waals surface area contributed by atoms with Gasteiger partial charge in [-0.25, -0.2) is 4.98 Å². The monoisotopic (exact) mass is 295 g/mol. The minimum atomic E-state index is -0.434. The first-order valence-corrected chi connectivity index (χ1v) is 6.25. The zero-order valence-electron chi connectivity index (χ0n) is 11.1. The van der Waals surface area contributed by atoms with E-state index in [0.29, 0.717) is 23.5 Å². The number of carbonyl (C=O) groups excluding carboxylic acids is 1. The van der Waals surface area contributed by atoms with Crippen LogP contribution >= 0.6 is 11.6 Å². The van der Waals surface area contributed by atoms with Crippen molar-refractivity contribution in [2.24, 2.45) is 0 Å². The van der Waals surface area contributed by atoms with Crippen LogP contribution in [0.4, 0.5) is 0 Å². The minimum absolute atomic E-state index is 0.0256. The summed E-state index contributed by atoms with van der Waals surface area (Å²) in [5, 5.41) is 7.16. The Kier molecular flexibility index (Phi) is 4.19. The van der Waals surface area contributed by atoms with Crippen LogP contribution in [0.5, 0.6) is 5.88 Å². The van der Waals surface area contributed by atoms with E-state index in [1.807, 2.05) is 0 Å². The van der Waals surface area contributed by atoms with Gasteiger partial charge in [0.25, 0.3) is 0 Å². The fourth-order valence-corrected chi connectivity index (χ4v) is 2.00. The summed E-state index contributed by atoms with van der Waals surface area (Å²) in [6.45, 7) is 5.37. The molecule has 2 rings (SSSR count). The smallest absolute Gasteiger partial charge is 0.244 e. The first-order valence-electron chi connectivity index (χ1n) is 5.87. The molecule has 2 heterocycles. The third-order valence-corrected chi connectivity index (χ3v) is 2.96. The summed E-state index contributed by atoms with van der Waals surface area (Å²) in [5.41, 5.74) is 1.15. The molecule has 2 aromatic rings. The lowest BCUT2D eigenvalue weighted by molar-refractivity contribution is -0.119. The maximum absolute atomic E-state index is 11.6. The minimum Gasteiger partial charge on any atom is -0.479 e. The molecule has 0 saturated carbocycles. The number of rotatable bonds is 6. The molecule has 0 amide bonds. The van der Waals surface area contributed by atoms with Crippen molar-refractivity contribution in [1.29, 1.82) is 0 Å². The second-order valence-electron chi connectivity index (χ2n) is 4.10. The summed E-state index contributed by atoms with van der Waals surface area (Å²) in [6, 6.07) is -0.434. The number of methoxy groups -OCH3 is 1. The average molecular weight is 296 g/mol. The van der Waals surface area contributed by atoms with E-state index in [2.05, 4.69) is 27.0 Å². The predicted octanol–water partition coefficient (Wildman–Crippen LogP) is 1.18. The molecule has 0 aliphatic carbocycles. The molecule has 0 saturated heterocycles. The third kappa shape index (κ3) is 2.72. The predicted molar refractivity (Wildman–Crippen MR) is 74.7 cm³/mol. The number of hydrogen-bond donors (Lipinski definition) is 1. The summed E-state index contributed by atoms with van der Waals surface area (Å²) >= 11 is 5.80. The highest BCUT2D eigenvalue weighted by atomic mass is 35.5. The lowest BCUT2D eigenvalue weighted by Crippen LogP contribution is -2.36. The van der Waals surface area contributed by atoms with E-state index in [9.17, 15) is 4.79 Å². The number of ketones is 1. The van der Waals surface area contributed by atoms with E-state index in [1.165, 1.54) is 20.2 Å². The maximum atomic E-state index is 11.6. The molecule has 2 aromatic heterocycles. The standard InChI is InChI=1S/C12H14ClN5O2/c1-4-14-9(7(2)19)6-18-10-8(5-15-18)16-12(13)17-11(10)20-3/h4-5,9,14H,1,6H2,2-3H3. The Labute approximate surface area is 120 Å². The van der Waals surface area contributed by atoms with Gasteiger partial charge in [-0.3, -0.25) is 9.48 Å². The molecule has 1 N–H and O–H groups in total. The van der Waals surface area contributed by atoms with Crippen molar-refractivity contribution >= 4 is 28.4 Å². The number of nitrogens with zero attached hydrogens (tertiary/aromatic N) is 4. The lowest BCUT2D eigenvalue weighted by atomic mass is 10.2. The zero-order valence-corrected chi connectivity index (χ0v) is 11.9. The van der Waals surface area contributed by atoms with Crippen LogP contribution in [0, 0.1) is 0 Å². The van der Waals surface area contributed by atoms with Crippen LogP contribution < -0.4 is 10.1 Å². The number of aromatic nitrogens is 4. The fraction of sp³-hybridized carbons (Fsp3) is 0.333. The Morgan fingerprint density at radius 1 is 1.65 bits per heavy atom. The first kappa shape index (κ1) is 14.3. The van der Waals surface area contributed by atoms with Crippen LogP contribution in [-0.4, -0.2) is 38.7 Å². The van der Waals surface area contributed by atoms with E-state index in [1.54, 1.807) is 10.9 Å². The van der Waals surface area contributed by atoms with E-state index in [0.717, 1.165) is 0 Å². The number of carbonyl (C=O) groups is 1. The fourth-order valence-electron chi connectivity index (χ4n) is 1.83. The molecule has 0 spiro atoms. The normalized spacial score (nSPS) is 12.2. The molecule has 106 valence electrons. The van der Waals surface area contributed by atoms with Gasteiger partial charge >= 0.3 is 0 Å². The van der Waals surface area contributed by atoms with Gasteiger partial charge in [0.1, 0.15) is 17.1 Å². The SMILES string of the molecule is C=CNC(Cn1ncc2nc(Cl)nc(OC)c21)C(C)=O. The summed E-state index contributed by atoms with van der Waals surface area (Å²) < 4.78 is 6.79. The van der Waals surface area contributed by atoms with Gasteiger partial charge < -0.3 is 10.1 Å². The highest BCUT2D eigenvalue weighted by Crippen LogP contribution is 2.23. The van der Waals surface area contributed by atoms with Crippen molar-refractivity contribution in [2.45, 2.75) is 19.5 Å². The van der Waals surface area contributed by atoms with Crippen LogP contribution in [0.2, 0.25) is 5.28 Å². The van der Waals surface area contributed by atoms with Gasteiger partial charge in [0, 0.05) is 0 Å². The molecule has 0 fully saturated rings. The Morgan fingerprint density at radius 3 is 3.00 bits per heavy atom. The largest absolute Gasteiger partial charge is 0.479 e. The van der Waals surface area contributed by atoms with E-state index in [4.69, 9.17) is 16.3 Å². The van der Waals surface area contributed by atoms with Gasteiger partial charge in [-0.15, -0.1) is 0 Å². The van der Waals surface area contributed by atoms with Crippen LogP contribution in [0.15, 0.2) is 19.0 Å². The Hall–Kier alpha value is -2.15. The van der Waals surface area contributed by atoms with Gasteiger partial charge in [0.05, 0.1) is 19.9 Å². The molecule has 0 bridgehead atoms. The molecule has 1 unspecified atom stereocenters. The highest BCUT2D eigenvalue weighted by Gasteiger charge is 2.18. The summed E-state index contributed by atoms with van der Waals surface area (Å²) in [5.74, 6) is 0.292. The van der Waals surface area contributed by atoms with Crippen molar-refractivity contribution < 1.29 is 9.53 Å². The van der Waals surface area contributed by atoms with Crippen molar-refractivity contribution in [1.82, 2.24) is 25.1 Å². The van der Waals surface area contributed by atoms with Crippen LogP contribution in [0.1, 0.15) is 6.92 Å². The van der Waals surface area contributed by atoms with Crippen LogP contribution in [-0.2, 0) is 11.3 Å². The molecular weight excluding hydrogens is 282 g/mol. The zero-order chi connectivity index (χ0) is 14.7. The Morgan fingerprint density at radius 2 is 2.40 bits per heavy atom. The molecular formula is C12H14ClN5O2. The van der Waals surface area contributed by atoms with Gasteiger partial charge in [0.2, 0.25) is 11.2 Å².